The van der Waals surface area contributed by atoms with E-state index in [1.165, 1.54) is 0 Å². The third-order valence-electron chi connectivity index (χ3n) is 3.39. The van der Waals surface area contributed by atoms with Gasteiger partial charge in [-0.15, -0.1) is 0 Å². The van der Waals surface area contributed by atoms with Crippen molar-refractivity contribution in [3.63, 3.8) is 0 Å². The number of rotatable bonds is 3. The molecule has 0 saturated carbocycles. The maximum atomic E-state index is 11.5. The molecule has 0 fully saturated rings. The van der Waals surface area contributed by atoms with Gasteiger partial charge in [0.05, 0.1) is 10.6 Å². The van der Waals surface area contributed by atoms with E-state index in [2.05, 4.69) is 4.98 Å². The minimum absolute atomic E-state index is 0.0510. The number of nitriles is 1. The molecule has 0 atom stereocenters. The number of aromatic nitrogens is 1. The largest absolute Gasteiger partial charge is 0.348 e. The molecule has 22 heavy (non-hydrogen) atoms. The lowest BCUT2D eigenvalue weighted by Crippen LogP contribution is -1.91. The number of nitro groups is 1. The third-order valence-corrected chi connectivity index (χ3v) is 3.39. The van der Waals surface area contributed by atoms with Gasteiger partial charge in [0.1, 0.15) is 11.8 Å². The van der Waals surface area contributed by atoms with Gasteiger partial charge in [-0.05, 0) is 5.56 Å². The molecule has 0 aliphatic heterocycles. The zero-order valence-corrected chi connectivity index (χ0v) is 11.5. The van der Waals surface area contributed by atoms with Crippen LogP contribution in [0.15, 0.2) is 60.7 Å². The Labute approximate surface area is 126 Å². The van der Waals surface area contributed by atoms with Crippen molar-refractivity contribution in [2.24, 2.45) is 0 Å². The van der Waals surface area contributed by atoms with Crippen molar-refractivity contribution in [1.82, 2.24) is 4.98 Å². The first-order valence-electron chi connectivity index (χ1n) is 6.63. The molecule has 3 rings (SSSR count). The minimum Gasteiger partial charge on any atom is -0.348 e. The summed E-state index contributed by atoms with van der Waals surface area (Å²) in [5.41, 5.74) is 2.09. The van der Waals surface area contributed by atoms with Gasteiger partial charge < -0.3 is 4.98 Å². The van der Waals surface area contributed by atoms with Crippen LogP contribution in [0.25, 0.3) is 22.5 Å². The van der Waals surface area contributed by atoms with Crippen molar-refractivity contribution in [2.75, 3.05) is 0 Å². The van der Waals surface area contributed by atoms with Crippen LogP contribution in [0.4, 0.5) is 5.69 Å². The Hall–Kier alpha value is -3.39. The molecule has 0 unspecified atom stereocenters. The fourth-order valence-corrected chi connectivity index (χ4v) is 2.42. The monoisotopic (exact) mass is 289 g/mol. The molecule has 5 nitrogen and oxygen atoms in total. The van der Waals surface area contributed by atoms with Gasteiger partial charge in [-0.25, -0.2) is 0 Å². The normalized spacial score (nSPS) is 10.1. The predicted octanol–water partition coefficient (Wildman–Crippen LogP) is 4.13. The number of benzene rings is 2. The Morgan fingerprint density at radius 3 is 1.86 bits per heavy atom. The summed E-state index contributed by atoms with van der Waals surface area (Å²) in [7, 11) is 0. The zero-order chi connectivity index (χ0) is 15.5. The number of nitrogens with one attached hydrogen (secondary N) is 1. The summed E-state index contributed by atoms with van der Waals surface area (Å²) in [5, 5.41) is 20.8. The first kappa shape index (κ1) is 13.6. The van der Waals surface area contributed by atoms with Crippen LogP contribution < -0.4 is 0 Å². The Balaban J connectivity index is 2.31. The predicted molar refractivity (Wildman–Crippen MR) is 83.0 cm³/mol. The Kier molecular flexibility index (Phi) is 3.42. The molecule has 1 N–H and O–H groups in total. The lowest BCUT2D eigenvalue weighted by molar-refractivity contribution is -0.384. The van der Waals surface area contributed by atoms with Gasteiger partial charge in [0.2, 0.25) is 0 Å². The highest BCUT2D eigenvalue weighted by molar-refractivity contribution is 5.84. The third kappa shape index (κ3) is 2.23. The van der Waals surface area contributed by atoms with Crippen molar-refractivity contribution in [3.8, 4) is 28.6 Å². The summed E-state index contributed by atoms with van der Waals surface area (Å²) in [6, 6.07) is 20.1. The second-order valence-corrected chi connectivity index (χ2v) is 4.70. The number of aromatic amines is 1. The van der Waals surface area contributed by atoms with Crippen molar-refractivity contribution in [2.45, 2.75) is 0 Å². The molecular weight excluding hydrogens is 278 g/mol. The van der Waals surface area contributed by atoms with Gasteiger partial charge in [-0.3, -0.25) is 10.1 Å². The number of nitrogens with zero attached hydrogens (tertiary/aromatic N) is 2. The molecule has 1 heterocycles. The lowest BCUT2D eigenvalue weighted by Gasteiger charge is -1.98. The molecule has 106 valence electrons. The van der Waals surface area contributed by atoms with E-state index >= 15 is 0 Å². The van der Waals surface area contributed by atoms with E-state index in [1.807, 2.05) is 42.5 Å². The van der Waals surface area contributed by atoms with E-state index in [0.717, 1.165) is 5.56 Å². The summed E-state index contributed by atoms with van der Waals surface area (Å²) >= 11 is 0. The zero-order valence-electron chi connectivity index (χ0n) is 11.5. The molecule has 0 aliphatic carbocycles. The Morgan fingerprint density at radius 2 is 1.41 bits per heavy atom. The van der Waals surface area contributed by atoms with E-state index in [9.17, 15) is 15.4 Å². The topological polar surface area (TPSA) is 82.7 Å². The van der Waals surface area contributed by atoms with Gasteiger partial charge in [-0.2, -0.15) is 5.26 Å². The molecule has 0 saturated heterocycles. The van der Waals surface area contributed by atoms with Crippen LogP contribution in [0.2, 0.25) is 0 Å². The molecule has 2 aromatic carbocycles. The quantitative estimate of drug-likeness (QED) is 0.581. The SMILES string of the molecule is N#Cc1c(-c2ccccc2)[nH]c(-c2ccccc2)c1[N+](=O)[O-]. The fourth-order valence-electron chi connectivity index (χ4n) is 2.42. The maximum absolute atomic E-state index is 11.5. The average molecular weight is 289 g/mol. The lowest BCUT2D eigenvalue weighted by atomic mass is 10.1. The second-order valence-electron chi connectivity index (χ2n) is 4.70. The van der Waals surface area contributed by atoms with Crippen LogP contribution in [-0.2, 0) is 0 Å². The maximum Gasteiger partial charge on any atom is 0.313 e. The first-order chi connectivity index (χ1) is 10.7. The summed E-state index contributed by atoms with van der Waals surface area (Å²) < 4.78 is 0. The van der Waals surface area contributed by atoms with Crippen LogP contribution in [-0.4, -0.2) is 9.91 Å². The van der Waals surface area contributed by atoms with E-state index in [1.54, 1.807) is 24.3 Å². The molecular formula is C17H11N3O2. The van der Waals surface area contributed by atoms with E-state index in [-0.39, 0.29) is 11.3 Å². The molecule has 0 aliphatic rings. The van der Waals surface area contributed by atoms with Crippen LogP contribution in [0.5, 0.6) is 0 Å². The van der Waals surface area contributed by atoms with E-state index < -0.39 is 4.92 Å². The summed E-state index contributed by atoms with van der Waals surface area (Å²) in [6.07, 6.45) is 0. The summed E-state index contributed by atoms with van der Waals surface area (Å²) in [5.74, 6) is 0. The highest BCUT2D eigenvalue weighted by Crippen LogP contribution is 2.38. The van der Waals surface area contributed by atoms with Gasteiger partial charge in [0, 0.05) is 5.56 Å². The second kappa shape index (κ2) is 5.54. The van der Waals surface area contributed by atoms with Gasteiger partial charge in [0.25, 0.3) is 0 Å². The molecule has 0 bridgehead atoms. The standard InChI is InChI=1S/C17H11N3O2/c18-11-14-15(12-7-3-1-4-8-12)19-16(17(14)20(21)22)13-9-5-2-6-10-13/h1-10,19H. The highest BCUT2D eigenvalue weighted by atomic mass is 16.6. The van der Waals surface area contributed by atoms with Crippen molar-refractivity contribution in [3.05, 3.63) is 76.3 Å². The first-order valence-corrected chi connectivity index (χ1v) is 6.63. The van der Waals surface area contributed by atoms with Crippen LogP contribution in [0.3, 0.4) is 0 Å². The molecule has 0 radical (unpaired) electrons. The van der Waals surface area contributed by atoms with E-state index in [4.69, 9.17) is 0 Å². The van der Waals surface area contributed by atoms with E-state index in [0.29, 0.717) is 17.0 Å². The molecule has 5 heteroatoms. The molecule has 1 aromatic heterocycles. The average Bonchev–Trinajstić information content (AvgIpc) is 2.96. The fraction of sp³-hybridized carbons (Fsp3) is 0. The van der Waals surface area contributed by atoms with Crippen LogP contribution in [0, 0.1) is 21.4 Å². The van der Waals surface area contributed by atoms with Crippen molar-refractivity contribution < 1.29 is 4.92 Å². The van der Waals surface area contributed by atoms with Crippen molar-refractivity contribution >= 4 is 5.69 Å². The number of H-pyrrole nitrogens is 1. The smallest absolute Gasteiger partial charge is 0.313 e. The number of hydrogen-bond acceptors (Lipinski definition) is 3. The molecule has 0 amide bonds. The minimum atomic E-state index is -0.510. The van der Waals surface area contributed by atoms with Gasteiger partial charge >= 0.3 is 5.69 Å². The highest BCUT2D eigenvalue weighted by Gasteiger charge is 2.28. The molecule has 0 spiro atoms. The molecule has 3 aromatic rings. The summed E-state index contributed by atoms with van der Waals surface area (Å²) in [6.45, 7) is 0. The number of hydrogen-bond donors (Lipinski definition) is 1. The Bertz CT molecular complexity index is 862. The van der Waals surface area contributed by atoms with Crippen molar-refractivity contribution in [1.29, 1.82) is 5.26 Å². The Morgan fingerprint density at radius 1 is 0.909 bits per heavy atom. The van der Waals surface area contributed by atoms with Gasteiger partial charge in [0.15, 0.2) is 5.56 Å². The summed E-state index contributed by atoms with van der Waals surface area (Å²) in [4.78, 5) is 14.0. The van der Waals surface area contributed by atoms with Crippen LogP contribution >= 0.6 is 0 Å². The van der Waals surface area contributed by atoms with Crippen LogP contribution in [0.1, 0.15) is 5.56 Å². The van der Waals surface area contributed by atoms with Gasteiger partial charge in [-0.1, -0.05) is 60.7 Å².